The molecule has 0 saturated carbocycles. The minimum Gasteiger partial charge on any atom is -0.408 e. The molecule has 4 unspecified atom stereocenters. The van der Waals surface area contributed by atoms with E-state index < -0.39 is 0 Å². The lowest BCUT2D eigenvalue weighted by Gasteiger charge is -2.07. The van der Waals surface area contributed by atoms with E-state index in [9.17, 15) is 0 Å². The smallest absolute Gasteiger partial charge is 0.408 e. The third-order valence-electron chi connectivity index (χ3n) is 2.94. The Balaban J connectivity index is 1.92. The summed E-state index contributed by atoms with van der Waals surface area (Å²) in [6, 6.07) is 0. The highest BCUT2D eigenvalue weighted by Crippen LogP contribution is 2.24. The molecule has 6 heteroatoms. The Morgan fingerprint density at radius 2 is 0.786 bits per heavy atom. The highest BCUT2D eigenvalue weighted by atomic mass is 16.7. The number of hydrogen-bond donors (Lipinski definition) is 0. The van der Waals surface area contributed by atoms with Crippen LogP contribution in [0.15, 0.2) is 0 Å². The molecule has 0 aliphatic carbocycles. The zero-order valence-corrected chi connectivity index (χ0v) is 9.10. The van der Waals surface area contributed by atoms with Gasteiger partial charge in [0.25, 0.3) is 0 Å². The van der Waals surface area contributed by atoms with Gasteiger partial charge in [0.15, 0.2) is 0 Å². The zero-order valence-electron chi connectivity index (χ0n) is 9.10. The summed E-state index contributed by atoms with van der Waals surface area (Å²) in [5, 5.41) is 0. The van der Waals surface area contributed by atoms with Crippen LogP contribution in [0.3, 0.4) is 0 Å². The van der Waals surface area contributed by atoms with E-state index in [0.29, 0.717) is 0 Å². The maximum Gasteiger partial charge on any atom is 0.488 e. The summed E-state index contributed by atoms with van der Waals surface area (Å²) < 4.78 is 22.3. The molecule has 2 rings (SSSR count). The third kappa shape index (κ3) is 1.84. The van der Waals surface area contributed by atoms with Gasteiger partial charge in [-0.2, -0.15) is 0 Å². The van der Waals surface area contributed by atoms with Crippen molar-refractivity contribution in [2.45, 2.75) is 52.1 Å². The van der Waals surface area contributed by atoms with E-state index in [1.807, 2.05) is 27.7 Å². The minimum absolute atomic E-state index is 0.110. The fraction of sp³-hybridized carbons (Fsp3) is 1.00. The van der Waals surface area contributed by atoms with E-state index in [1.54, 1.807) is 0 Å². The van der Waals surface area contributed by atoms with Crippen LogP contribution >= 0.6 is 0 Å². The SMILES string of the molecule is CC1OB(B2OC(C)C(C)O2)OC1C. The molecule has 2 fully saturated rings. The van der Waals surface area contributed by atoms with Gasteiger partial charge in [-0.25, -0.2) is 0 Å². The molecular formula is C8H16B2O4. The Labute approximate surface area is 85.5 Å². The lowest BCUT2D eigenvalue weighted by atomic mass is 9.49. The molecule has 2 aliphatic rings. The van der Waals surface area contributed by atoms with E-state index in [4.69, 9.17) is 18.6 Å². The molecule has 0 aromatic carbocycles. The van der Waals surface area contributed by atoms with Crippen LogP contribution in [0.2, 0.25) is 0 Å². The number of hydrogen-bond acceptors (Lipinski definition) is 4. The van der Waals surface area contributed by atoms with Gasteiger partial charge in [0.05, 0.1) is 24.4 Å². The van der Waals surface area contributed by atoms with Crippen LogP contribution in [-0.4, -0.2) is 38.4 Å². The van der Waals surface area contributed by atoms with E-state index in [2.05, 4.69) is 0 Å². The highest BCUT2D eigenvalue weighted by molar-refractivity contribution is 7.11. The molecule has 4 nitrogen and oxygen atoms in total. The maximum atomic E-state index is 5.58. The first-order valence-corrected chi connectivity index (χ1v) is 5.20. The summed E-state index contributed by atoms with van der Waals surface area (Å²) in [5.41, 5.74) is 0. The van der Waals surface area contributed by atoms with Gasteiger partial charge in [-0.1, -0.05) is 0 Å². The Bertz CT molecular complexity index is 174. The van der Waals surface area contributed by atoms with Crippen LogP contribution in [0.5, 0.6) is 0 Å². The molecule has 0 bridgehead atoms. The zero-order chi connectivity index (χ0) is 10.3. The molecule has 0 spiro atoms. The average molecular weight is 198 g/mol. The van der Waals surface area contributed by atoms with Gasteiger partial charge < -0.3 is 18.6 Å². The molecule has 0 radical (unpaired) electrons. The lowest BCUT2D eigenvalue weighted by Crippen LogP contribution is -2.39. The van der Waals surface area contributed by atoms with Gasteiger partial charge in [-0.3, -0.25) is 0 Å². The quantitative estimate of drug-likeness (QED) is 0.580. The Hall–Kier alpha value is -0.0301. The van der Waals surface area contributed by atoms with E-state index in [1.165, 1.54) is 0 Å². The third-order valence-corrected chi connectivity index (χ3v) is 2.94. The van der Waals surface area contributed by atoms with Gasteiger partial charge in [0.1, 0.15) is 0 Å². The van der Waals surface area contributed by atoms with Crippen molar-refractivity contribution in [3.8, 4) is 0 Å². The topological polar surface area (TPSA) is 36.9 Å². The molecule has 0 aromatic rings. The van der Waals surface area contributed by atoms with Crippen molar-refractivity contribution in [1.82, 2.24) is 0 Å². The second-order valence-corrected chi connectivity index (χ2v) is 4.10. The average Bonchev–Trinajstić information content (AvgIpc) is 2.60. The summed E-state index contributed by atoms with van der Waals surface area (Å²) in [7, 11) is -0.736. The van der Waals surface area contributed by atoms with Crippen molar-refractivity contribution in [3.05, 3.63) is 0 Å². The van der Waals surface area contributed by atoms with Gasteiger partial charge in [-0.05, 0) is 27.7 Å². The van der Waals surface area contributed by atoms with Crippen molar-refractivity contribution in [3.63, 3.8) is 0 Å². The molecule has 2 aliphatic heterocycles. The Kier molecular flexibility index (Phi) is 2.88. The van der Waals surface area contributed by atoms with Gasteiger partial charge >= 0.3 is 14.0 Å². The largest absolute Gasteiger partial charge is 0.488 e. The Morgan fingerprint density at radius 1 is 0.571 bits per heavy atom. The minimum atomic E-state index is -0.368. The lowest BCUT2D eigenvalue weighted by molar-refractivity contribution is 0.187. The van der Waals surface area contributed by atoms with Crippen molar-refractivity contribution >= 4 is 14.0 Å². The summed E-state index contributed by atoms with van der Waals surface area (Å²) in [6.45, 7) is 7.97. The summed E-state index contributed by atoms with van der Waals surface area (Å²) in [5.74, 6) is 0. The second-order valence-electron chi connectivity index (χ2n) is 4.10. The normalized spacial score (nSPS) is 43.7. The summed E-state index contributed by atoms with van der Waals surface area (Å²) in [4.78, 5) is 0. The molecular weight excluding hydrogens is 182 g/mol. The van der Waals surface area contributed by atoms with Crippen LogP contribution in [0.25, 0.3) is 0 Å². The van der Waals surface area contributed by atoms with E-state index in [0.717, 1.165) is 0 Å². The van der Waals surface area contributed by atoms with Gasteiger partial charge in [0.2, 0.25) is 0 Å². The van der Waals surface area contributed by atoms with Crippen LogP contribution in [-0.2, 0) is 18.6 Å². The molecule has 0 aromatic heterocycles. The van der Waals surface area contributed by atoms with Crippen molar-refractivity contribution < 1.29 is 18.6 Å². The first-order valence-electron chi connectivity index (χ1n) is 5.20. The molecule has 78 valence electrons. The second kappa shape index (κ2) is 3.85. The monoisotopic (exact) mass is 198 g/mol. The van der Waals surface area contributed by atoms with Crippen molar-refractivity contribution in [2.75, 3.05) is 0 Å². The first-order chi connectivity index (χ1) is 6.58. The standard InChI is InChI=1S/C8H16B2O4/c1-5-6(2)12-9(11-5)10-13-7(3)8(4)14-10/h5-8H,1-4H3. The Morgan fingerprint density at radius 3 is 1.00 bits per heavy atom. The van der Waals surface area contributed by atoms with E-state index in [-0.39, 0.29) is 38.4 Å². The maximum absolute atomic E-state index is 5.58. The first kappa shape index (κ1) is 10.5. The highest BCUT2D eigenvalue weighted by Gasteiger charge is 2.51. The van der Waals surface area contributed by atoms with Crippen molar-refractivity contribution in [1.29, 1.82) is 0 Å². The fourth-order valence-electron chi connectivity index (χ4n) is 1.61. The predicted molar refractivity (Wildman–Crippen MR) is 53.7 cm³/mol. The summed E-state index contributed by atoms with van der Waals surface area (Å²) in [6.07, 6.45) is 0.439. The van der Waals surface area contributed by atoms with Crippen LogP contribution in [0.1, 0.15) is 27.7 Å². The van der Waals surface area contributed by atoms with Crippen LogP contribution in [0, 0.1) is 0 Å². The van der Waals surface area contributed by atoms with E-state index >= 15 is 0 Å². The molecule has 0 N–H and O–H groups in total. The summed E-state index contributed by atoms with van der Waals surface area (Å²) >= 11 is 0. The molecule has 4 atom stereocenters. The van der Waals surface area contributed by atoms with Crippen LogP contribution in [0.4, 0.5) is 0 Å². The molecule has 2 heterocycles. The molecule has 2 saturated heterocycles. The van der Waals surface area contributed by atoms with Crippen molar-refractivity contribution in [2.24, 2.45) is 0 Å². The molecule has 0 amide bonds. The number of rotatable bonds is 1. The fourth-order valence-corrected chi connectivity index (χ4v) is 1.61. The molecule has 14 heavy (non-hydrogen) atoms. The van der Waals surface area contributed by atoms with Gasteiger partial charge in [0, 0.05) is 0 Å². The van der Waals surface area contributed by atoms with Crippen LogP contribution < -0.4 is 0 Å². The predicted octanol–water partition coefficient (Wildman–Crippen LogP) is 0.689. The van der Waals surface area contributed by atoms with Gasteiger partial charge in [-0.15, -0.1) is 0 Å².